The molecule has 3 N–H and O–H groups in total. The summed E-state index contributed by atoms with van der Waals surface area (Å²) in [4.78, 5) is 5.64. The molecule has 4 atom stereocenters. The quantitative estimate of drug-likeness (QED) is 0.782. The van der Waals surface area contributed by atoms with Crippen molar-refractivity contribution in [1.29, 1.82) is 5.26 Å². The Balaban J connectivity index is 1.56. The lowest BCUT2D eigenvalue weighted by molar-refractivity contribution is 0.573. The Morgan fingerprint density at radius 2 is 2.14 bits per heavy atom. The Labute approximate surface area is 168 Å². The Bertz CT molecular complexity index is 1080. The molecule has 0 spiro atoms. The molecule has 1 aromatic heterocycles. The van der Waals surface area contributed by atoms with Gasteiger partial charge in [-0.05, 0) is 25.0 Å². The Morgan fingerprint density at radius 1 is 1.32 bits per heavy atom. The first kappa shape index (κ1) is 18.9. The number of benzene rings is 1. The monoisotopic (exact) mass is 412 g/mol. The molecule has 2 aromatic rings. The highest BCUT2D eigenvalue weighted by Crippen LogP contribution is 2.43. The number of sulfonamides is 1. The lowest BCUT2D eigenvalue weighted by atomic mass is 10.0. The molecule has 4 rings (SSSR count). The molecule has 1 heterocycles. The van der Waals surface area contributed by atoms with Crippen LogP contribution in [-0.2, 0) is 10.0 Å². The van der Waals surface area contributed by atoms with E-state index in [9.17, 15) is 13.7 Å². The molecule has 1 saturated carbocycles. The van der Waals surface area contributed by atoms with Gasteiger partial charge in [0.15, 0.2) is 0 Å². The highest BCUT2D eigenvalue weighted by Gasteiger charge is 2.36. The van der Waals surface area contributed by atoms with E-state index < -0.39 is 21.2 Å². The minimum Gasteiger partial charge on any atom is -0.327 e. The summed E-state index contributed by atoms with van der Waals surface area (Å²) in [5.74, 6) is -0.230. The first-order chi connectivity index (χ1) is 13.5. The summed E-state index contributed by atoms with van der Waals surface area (Å²) in [6, 6.07) is 9.50. The van der Waals surface area contributed by atoms with Crippen molar-refractivity contribution in [3.8, 4) is 16.6 Å². The number of aromatic nitrogens is 1. The van der Waals surface area contributed by atoms with E-state index in [1.807, 2.05) is 18.3 Å². The second kappa shape index (κ2) is 7.51. The van der Waals surface area contributed by atoms with Crippen LogP contribution < -0.4 is 10.5 Å². The number of rotatable bonds is 5. The van der Waals surface area contributed by atoms with Gasteiger partial charge < -0.3 is 5.73 Å². The molecule has 0 bridgehead atoms. The van der Waals surface area contributed by atoms with E-state index in [0.717, 1.165) is 17.0 Å². The van der Waals surface area contributed by atoms with E-state index in [-0.39, 0.29) is 6.04 Å². The first-order valence-electron chi connectivity index (χ1n) is 9.04. The topological polar surface area (TPSA) is 109 Å². The predicted octanol–water partition coefficient (Wildman–Crippen LogP) is 3.39. The van der Waals surface area contributed by atoms with Crippen molar-refractivity contribution in [3.63, 3.8) is 0 Å². The van der Waals surface area contributed by atoms with Crippen LogP contribution in [0.25, 0.3) is 10.6 Å². The summed E-state index contributed by atoms with van der Waals surface area (Å²) in [5, 5.41) is 9.29. The lowest BCUT2D eigenvalue weighted by Crippen LogP contribution is -2.32. The van der Waals surface area contributed by atoms with Crippen molar-refractivity contribution in [3.05, 3.63) is 59.6 Å². The zero-order chi connectivity index (χ0) is 19.7. The van der Waals surface area contributed by atoms with E-state index in [4.69, 9.17) is 5.73 Å². The molecule has 4 unspecified atom stereocenters. The smallest absolute Gasteiger partial charge is 0.240 e. The van der Waals surface area contributed by atoms with Gasteiger partial charge in [-0.2, -0.15) is 5.26 Å². The molecule has 1 fully saturated rings. The Kier molecular flexibility index (Phi) is 5.06. The second-order valence-electron chi connectivity index (χ2n) is 7.05. The van der Waals surface area contributed by atoms with E-state index in [0.29, 0.717) is 18.0 Å². The molecule has 8 heteroatoms. The zero-order valence-corrected chi connectivity index (χ0v) is 16.7. The Morgan fingerprint density at radius 3 is 2.89 bits per heavy atom. The number of hydrogen-bond donors (Lipinski definition) is 2. The number of allylic oxidation sites excluding steroid dienone is 3. The first-order valence-corrected chi connectivity index (χ1v) is 11.4. The Hall–Kier alpha value is -2.47. The fourth-order valence-corrected chi connectivity index (χ4v) is 5.87. The molecular formula is C20H20N4O2S2. The van der Waals surface area contributed by atoms with Crippen molar-refractivity contribution in [1.82, 2.24) is 4.98 Å². The maximum atomic E-state index is 12.9. The molecule has 6 nitrogen and oxygen atoms in total. The van der Waals surface area contributed by atoms with Gasteiger partial charge in [-0.25, -0.2) is 13.4 Å². The summed E-state index contributed by atoms with van der Waals surface area (Å²) in [6.07, 6.45) is 10.1. The van der Waals surface area contributed by atoms with Crippen molar-refractivity contribution in [2.45, 2.75) is 30.1 Å². The van der Waals surface area contributed by atoms with Gasteiger partial charge in [0.25, 0.3) is 0 Å². The van der Waals surface area contributed by atoms with Crippen LogP contribution in [0, 0.1) is 17.2 Å². The highest BCUT2D eigenvalue weighted by atomic mass is 32.2. The van der Waals surface area contributed by atoms with Crippen molar-refractivity contribution in [2.24, 2.45) is 11.7 Å². The van der Waals surface area contributed by atoms with Crippen molar-refractivity contribution in [2.75, 3.05) is 4.72 Å². The minimum absolute atomic E-state index is 0.224. The number of nitrogens with zero attached hydrogens (tertiary/aromatic N) is 2. The van der Waals surface area contributed by atoms with Gasteiger partial charge >= 0.3 is 0 Å². The number of hydrogen-bond acceptors (Lipinski definition) is 6. The van der Waals surface area contributed by atoms with Gasteiger partial charge in [-0.15, -0.1) is 11.3 Å². The maximum Gasteiger partial charge on any atom is 0.240 e. The molecular weight excluding hydrogens is 392 g/mol. The fraction of sp³-hybridized carbons (Fsp3) is 0.300. The number of nitrogens with two attached hydrogens (primary N) is 1. The van der Waals surface area contributed by atoms with Crippen LogP contribution in [0.4, 0.5) is 5.69 Å². The van der Waals surface area contributed by atoms with Gasteiger partial charge in [0, 0.05) is 34.3 Å². The van der Waals surface area contributed by atoms with Crippen LogP contribution in [0.15, 0.2) is 54.8 Å². The lowest BCUT2D eigenvalue weighted by Gasteiger charge is -2.18. The normalized spacial score (nSPS) is 26.4. The second-order valence-corrected chi connectivity index (χ2v) is 9.95. The van der Waals surface area contributed by atoms with Crippen molar-refractivity contribution >= 4 is 27.0 Å². The number of nitrogens with one attached hydrogen (secondary N) is 1. The summed E-state index contributed by atoms with van der Waals surface area (Å²) in [7, 11) is -3.76. The van der Waals surface area contributed by atoms with E-state index in [2.05, 4.69) is 15.8 Å². The van der Waals surface area contributed by atoms with E-state index >= 15 is 0 Å². The van der Waals surface area contributed by atoms with Crippen LogP contribution in [0.1, 0.15) is 23.6 Å². The van der Waals surface area contributed by atoms with Crippen LogP contribution in [-0.4, -0.2) is 24.7 Å². The van der Waals surface area contributed by atoms with Gasteiger partial charge in [0.2, 0.25) is 10.0 Å². The summed E-state index contributed by atoms with van der Waals surface area (Å²) in [6.45, 7) is 0. The fourth-order valence-electron chi connectivity index (χ4n) is 3.27. The SMILES string of the molecule is N#CC1CC=CC=CC1S(=O)(=O)Nc1cccc(-c2ncc(C3CC3N)s2)c1. The van der Waals surface area contributed by atoms with Gasteiger partial charge in [0.1, 0.15) is 10.3 Å². The summed E-state index contributed by atoms with van der Waals surface area (Å²) >= 11 is 1.59. The van der Waals surface area contributed by atoms with Crippen LogP contribution >= 0.6 is 11.3 Å². The third-order valence-electron chi connectivity index (χ3n) is 4.96. The van der Waals surface area contributed by atoms with E-state index in [1.54, 1.807) is 47.8 Å². The summed E-state index contributed by atoms with van der Waals surface area (Å²) < 4.78 is 28.4. The predicted molar refractivity (Wildman–Crippen MR) is 111 cm³/mol. The van der Waals surface area contributed by atoms with Crippen LogP contribution in [0.3, 0.4) is 0 Å². The maximum absolute atomic E-state index is 12.9. The van der Waals surface area contributed by atoms with Crippen LogP contribution in [0.5, 0.6) is 0 Å². The number of thiazole rings is 1. The van der Waals surface area contributed by atoms with Gasteiger partial charge in [-0.3, -0.25) is 4.72 Å². The molecule has 0 aliphatic heterocycles. The molecule has 2 aliphatic carbocycles. The molecule has 1 aromatic carbocycles. The largest absolute Gasteiger partial charge is 0.327 e. The van der Waals surface area contributed by atoms with Crippen LogP contribution in [0.2, 0.25) is 0 Å². The van der Waals surface area contributed by atoms with Gasteiger partial charge in [-0.1, -0.05) is 36.4 Å². The summed E-state index contributed by atoms with van der Waals surface area (Å²) in [5.41, 5.74) is 7.22. The minimum atomic E-state index is -3.76. The molecule has 0 amide bonds. The third kappa shape index (κ3) is 3.87. The molecule has 28 heavy (non-hydrogen) atoms. The number of nitriles is 1. The average Bonchev–Trinajstić information content (AvgIpc) is 3.29. The van der Waals surface area contributed by atoms with Crippen molar-refractivity contribution < 1.29 is 8.42 Å². The standard InChI is InChI=1S/C20H20N4O2S2/c21-11-14-5-2-1-3-8-19(14)28(25,26)24-15-7-4-6-13(9-15)20-23-12-18(27-20)16-10-17(16)22/h1-4,6-9,12,14,16-17,19,24H,5,10,22H2. The molecule has 0 radical (unpaired) electrons. The average molecular weight is 413 g/mol. The number of anilines is 1. The zero-order valence-electron chi connectivity index (χ0n) is 15.0. The van der Waals surface area contributed by atoms with E-state index in [1.165, 1.54) is 4.88 Å². The highest BCUT2D eigenvalue weighted by molar-refractivity contribution is 7.93. The van der Waals surface area contributed by atoms with Gasteiger partial charge in [0.05, 0.1) is 12.0 Å². The molecule has 2 aliphatic rings. The third-order valence-corrected chi connectivity index (χ3v) is 7.86. The molecule has 0 saturated heterocycles. The molecule has 144 valence electrons.